The second-order valence-corrected chi connectivity index (χ2v) is 3.63. The first-order valence-electron chi connectivity index (χ1n) is 6.00. The first-order chi connectivity index (χ1) is 7.24. The summed E-state index contributed by atoms with van der Waals surface area (Å²) < 4.78 is 0. The number of rotatable bonds is 8. The summed E-state index contributed by atoms with van der Waals surface area (Å²) in [7, 11) is 0. The van der Waals surface area contributed by atoms with E-state index in [-0.39, 0.29) is 24.0 Å². The Hall–Kier alpha value is -0.0400. The number of hydrogen-bond acceptors (Lipinski definition) is 2. The number of halogens is 1. The van der Waals surface area contributed by atoms with Gasteiger partial charge in [-0.25, -0.2) is 0 Å². The monoisotopic (exact) mass is 342 g/mol. The van der Waals surface area contributed by atoms with Crippen molar-refractivity contribution in [3.8, 4) is 0 Å². The summed E-state index contributed by atoms with van der Waals surface area (Å²) >= 11 is 0. The number of hydrogen-bond donors (Lipinski definition) is 2. The third-order valence-electron chi connectivity index (χ3n) is 2.23. The number of nitrogens with zero attached hydrogens (tertiary/aromatic N) is 2. The van der Waals surface area contributed by atoms with Crippen molar-refractivity contribution in [3.05, 3.63) is 0 Å². The van der Waals surface area contributed by atoms with Crippen LogP contribution in [0.25, 0.3) is 0 Å². The fraction of sp³-hybridized carbons (Fsp3) is 0.909. The maximum atomic E-state index is 5.68. The van der Waals surface area contributed by atoms with Crippen LogP contribution in [0.5, 0.6) is 0 Å². The molecular formula is C11H27IN4. The van der Waals surface area contributed by atoms with Crippen LogP contribution >= 0.6 is 24.0 Å². The lowest BCUT2D eigenvalue weighted by atomic mass is 10.4. The van der Waals surface area contributed by atoms with Crippen LogP contribution in [-0.2, 0) is 0 Å². The lowest BCUT2D eigenvalue weighted by molar-refractivity contribution is 0.293. The lowest BCUT2D eigenvalue weighted by Gasteiger charge is -2.19. The molecule has 0 bridgehead atoms. The fourth-order valence-corrected chi connectivity index (χ4v) is 1.37. The summed E-state index contributed by atoms with van der Waals surface area (Å²) in [6.07, 6.45) is 2.24. The quantitative estimate of drug-likeness (QED) is 0.401. The molecule has 0 radical (unpaired) electrons. The summed E-state index contributed by atoms with van der Waals surface area (Å²) in [6.45, 7) is 11.5. The van der Waals surface area contributed by atoms with Crippen molar-refractivity contribution in [3.63, 3.8) is 0 Å². The molecule has 0 aromatic carbocycles. The summed E-state index contributed by atoms with van der Waals surface area (Å²) in [5.74, 6) is 0.574. The highest BCUT2D eigenvalue weighted by atomic mass is 127. The second-order valence-electron chi connectivity index (χ2n) is 3.63. The predicted octanol–water partition coefficient (Wildman–Crippen LogP) is 1.65. The average Bonchev–Trinajstić information content (AvgIpc) is 2.25. The third-order valence-corrected chi connectivity index (χ3v) is 2.23. The Morgan fingerprint density at radius 2 is 1.88 bits per heavy atom. The number of guanidine groups is 1. The van der Waals surface area contributed by atoms with Crippen LogP contribution in [0.3, 0.4) is 0 Å². The number of likely N-dealkylation sites (N-methyl/N-ethyl adjacent to an activating group) is 1. The fourth-order valence-electron chi connectivity index (χ4n) is 1.37. The van der Waals surface area contributed by atoms with Crippen LogP contribution in [0.4, 0.5) is 0 Å². The largest absolute Gasteiger partial charge is 0.370 e. The van der Waals surface area contributed by atoms with Crippen LogP contribution in [0.1, 0.15) is 33.6 Å². The van der Waals surface area contributed by atoms with Gasteiger partial charge in [0.2, 0.25) is 0 Å². The molecule has 0 unspecified atom stereocenters. The normalized spacial score (nSPS) is 11.4. The molecular weight excluding hydrogens is 315 g/mol. The van der Waals surface area contributed by atoms with Gasteiger partial charge in [-0.2, -0.15) is 0 Å². The molecule has 16 heavy (non-hydrogen) atoms. The van der Waals surface area contributed by atoms with Crippen LogP contribution < -0.4 is 11.1 Å². The van der Waals surface area contributed by atoms with Gasteiger partial charge in [0.25, 0.3) is 0 Å². The third kappa shape index (κ3) is 10.5. The van der Waals surface area contributed by atoms with Crippen LogP contribution in [-0.4, -0.2) is 43.6 Å². The van der Waals surface area contributed by atoms with Gasteiger partial charge in [0, 0.05) is 19.6 Å². The highest BCUT2D eigenvalue weighted by molar-refractivity contribution is 14.0. The van der Waals surface area contributed by atoms with E-state index in [0.717, 1.165) is 39.1 Å². The molecule has 0 spiro atoms. The summed E-state index contributed by atoms with van der Waals surface area (Å²) in [4.78, 5) is 6.58. The van der Waals surface area contributed by atoms with Crippen LogP contribution in [0.15, 0.2) is 4.99 Å². The molecule has 0 saturated heterocycles. The molecule has 0 aliphatic rings. The standard InChI is InChI=1S/C11H26N4.HI/c1-4-7-13-11(12)14-8-10-15(6-3)9-5-2;/h4-10H2,1-3H3,(H3,12,13,14);1H. The molecule has 0 aromatic heterocycles. The Morgan fingerprint density at radius 1 is 1.19 bits per heavy atom. The van der Waals surface area contributed by atoms with E-state index in [9.17, 15) is 0 Å². The number of nitrogens with one attached hydrogen (secondary N) is 1. The van der Waals surface area contributed by atoms with E-state index in [2.05, 4.69) is 36.0 Å². The van der Waals surface area contributed by atoms with Gasteiger partial charge < -0.3 is 16.0 Å². The van der Waals surface area contributed by atoms with Gasteiger partial charge in [-0.15, -0.1) is 24.0 Å². The van der Waals surface area contributed by atoms with Crippen molar-refractivity contribution in [2.24, 2.45) is 10.7 Å². The molecule has 0 saturated carbocycles. The Bertz CT molecular complexity index is 173. The Morgan fingerprint density at radius 3 is 2.38 bits per heavy atom. The van der Waals surface area contributed by atoms with Gasteiger partial charge in [-0.1, -0.05) is 20.8 Å². The maximum absolute atomic E-state index is 5.68. The molecule has 4 nitrogen and oxygen atoms in total. The zero-order chi connectivity index (χ0) is 11.5. The van der Waals surface area contributed by atoms with Crippen molar-refractivity contribution in [1.82, 2.24) is 10.2 Å². The Labute approximate surface area is 117 Å². The van der Waals surface area contributed by atoms with Crippen LogP contribution in [0.2, 0.25) is 0 Å². The molecule has 98 valence electrons. The summed E-state index contributed by atoms with van der Waals surface area (Å²) in [6, 6.07) is 0. The molecule has 0 rings (SSSR count). The van der Waals surface area contributed by atoms with Gasteiger partial charge in [-0.3, -0.25) is 4.99 Å². The molecule has 0 atom stereocenters. The van der Waals surface area contributed by atoms with E-state index in [4.69, 9.17) is 5.73 Å². The summed E-state index contributed by atoms with van der Waals surface area (Å²) in [5, 5.41) is 3.13. The highest BCUT2D eigenvalue weighted by Gasteiger charge is 1.99. The minimum atomic E-state index is 0. The smallest absolute Gasteiger partial charge is 0.188 e. The number of aliphatic imine (C=N–C) groups is 1. The van der Waals surface area contributed by atoms with E-state index >= 15 is 0 Å². The topological polar surface area (TPSA) is 53.6 Å². The first kappa shape index (κ1) is 18.3. The summed E-state index contributed by atoms with van der Waals surface area (Å²) in [5.41, 5.74) is 5.68. The highest BCUT2D eigenvalue weighted by Crippen LogP contribution is 1.88. The zero-order valence-corrected chi connectivity index (χ0v) is 13.2. The zero-order valence-electron chi connectivity index (χ0n) is 10.8. The Balaban J connectivity index is 0. The number of nitrogens with two attached hydrogens (primary N) is 1. The van der Waals surface area contributed by atoms with Crippen molar-refractivity contribution in [1.29, 1.82) is 0 Å². The molecule has 0 fully saturated rings. The van der Waals surface area contributed by atoms with Gasteiger partial charge in [-0.05, 0) is 25.9 Å². The SMILES string of the molecule is CCCN=C(N)NCCN(CC)CCC.I. The van der Waals surface area contributed by atoms with Crippen molar-refractivity contribution >= 4 is 29.9 Å². The minimum Gasteiger partial charge on any atom is -0.370 e. The van der Waals surface area contributed by atoms with Crippen molar-refractivity contribution < 1.29 is 0 Å². The maximum Gasteiger partial charge on any atom is 0.188 e. The second kappa shape index (κ2) is 13.0. The average molecular weight is 342 g/mol. The lowest BCUT2D eigenvalue weighted by Crippen LogP contribution is -2.38. The minimum absolute atomic E-state index is 0. The molecule has 3 N–H and O–H groups in total. The molecule has 0 heterocycles. The van der Waals surface area contributed by atoms with E-state index in [1.54, 1.807) is 0 Å². The van der Waals surface area contributed by atoms with E-state index < -0.39 is 0 Å². The van der Waals surface area contributed by atoms with Crippen molar-refractivity contribution in [2.75, 3.05) is 32.7 Å². The molecule has 0 aliphatic carbocycles. The van der Waals surface area contributed by atoms with Crippen molar-refractivity contribution in [2.45, 2.75) is 33.6 Å². The van der Waals surface area contributed by atoms with Gasteiger partial charge in [0.05, 0.1) is 0 Å². The Kier molecular flexibility index (Phi) is 14.9. The molecule has 0 aliphatic heterocycles. The van der Waals surface area contributed by atoms with Gasteiger partial charge in [0.15, 0.2) is 5.96 Å². The molecule has 5 heteroatoms. The van der Waals surface area contributed by atoms with Crippen LogP contribution in [0, 0.1) is 0 Å². The first-order valence-corrected chi connectivity index (χ1v) is 6.00. The van der Waals surface area contributed by atoms with Gasteiger partial charge in [0.1, 0.15) is 0 Å². The van der Waals surface area contributed by atoms with E-state index in [1.807, 2.05) is 0 Å². The molecule has 0 amide bonds. The van der Waals surface area contributed by atoms with E-state index in [1.165, 1.54) is 6.42 Å². The molecule has 0 aromatic rings. The van der Waals surface area contributed by atoms with E-state index in [0.29, 0.717) is 5.96 Å². The van der Waals surface area contributed by atoms with Gasteiger partial charge >= 0.3 is 0 Å². The predicted molar refractivity (Wildman–Crippen MR) is 82.6 cm³/mol.